The van der Waals surface area contributed by atoms with Crippen LogP contribution in [0.4, 0.5) is 15.8 Å². The van der Waals surface area contributed by atoms with Crippen molar-refractivity contribution in [2.24, 2.45) is 0 Å². The van der Waals surface area contributed by atoms with Gasteiger partial charge in [0.2, 0.25) is 5.91 Å². The zero-order valence-corrected chi connectivity index (χ0v) is 11.7. The molecule has 2 N–H and O–H groups in total. The molecule has 0 radical (unpaired) electrons. The SMILES string of the molecule is Cc1c(Cl)cccc1NC(=O)CNc1ccc(F)cc1. The summed E-state index contributed by atoms with van der Waals surface area (Å²) in [5, 5.41) is 6.29. The number of halogens is 2. The fraction of sp³-hybridized carbons (Fsp3) is 0.133. The Morgan fingerprint density at radius 1 is 1.20 bits per heavy atom. The average molecular weight is 293 g/mol. The molecule has 3 nitrogen and oxygen atoms in total. The van der Waals surface area contributed by atoms with Crippen LogP contribution in [-0.2, 0) is 4.79 Å². The van der Waals surface area contributed by atoms with Crippen molar-refractivity contribution in [1.82, 2.24) is 0 Å². The summed E-state index contributed by atoms with van der Waals surface area (Å²) in [6.07, 6.45) is 0. The van der Waals surface area contributed by atoms with Crippen molar-refractivity contribution in [3.05, 3.63) is 58.9 Å². The van der Waals surface area contributed by atoms with E-state index in [9.17, 15) is 9.18 Å². The molecule has 0 aliphatic rings. The first kappa shape index (κ1) is 14.3. The van der Waals surface area contributed by atoms with Gasteiger partial charge in [-0.25, -0.2) is 4.39 Å². The quantitative estimate of drug-likeness (QED) is 0.899. The van der Waals surface area contributed by atoms with Crippen LogP contribution in [0.3, 0.4) is 0 Å². The number of nitrogens with one attached hydrogen (secondary N) is 2. The number of carbonyl (C=O) groups is 1. The minimum Gasteiger partial charge on any atom is -0.376 e. The highest BCUT2D eigenvalue weighted by Gasteiger charge is 2.06. The van der Waals surface area contributed by atoms with E-state index >= 15 is 0 Å². The summed E-state index contributed by atoms with van der Waals surface area (Å²) in [4.78, 5) is 11.8. The minimum atomic E-state index is -0.311. The van der Waals surface area contributed by atoms with Crippen LogP contribution in [0.15, 0.2) is 42.5 Å². The Kier molecular flexibility index (Phi) is 4.58. The van der Waals surface area contributed by atoms with Crippen molar-refractivity contribution in [2.45, 2.75) is 6.92 Å². The largest absolute Gasteiger partial charge is 0.376 e. The number of carbonyl (C=O) groups excluding carboxylic acids is 1. The molecule has 0 saturated carbocycles. The number of benzene rings is 2. The molecule has 5 heteroatoms. The predicted octanol–water partition coefficient (Wildman–Crippen LogP) is 3.84. The van der Waals surface area contributed by atoms with Crippen LogP contribution in [0.2, 0.25) is 5.02 Å². The second-order valence-corrected chi connectivity index (χ2v) is 4.73. The summed E-state index contributed by atoms with van der Waals surface area (Å²) in [6, 6.07) is 11.2. The average Bonchev–Trinajstić information content (AvgIpc) is 2.43. The Balaban J connectivity index is 1.92. The van der Waals surface area contributed by atoms with Gasteiger partial charge in [0.1, 0.15) is 5.82 Å². The topological polar surface area (TPSA) is 41.1 Å². The second kappa shape index (κ2) is 6.39. The Hall–Kier alpha value is -2.07. The summed E-state index contributed by atoms with van der Waals surface area (Å²) in [7, 11) is 0. The minimum absolute atomic E-state index is 0.0948. The lowest BCUT2D eigenvalue weighted by molar-refractivity contribution is -0.114. The molecular weight excluding hydrogens is 279 g/mol. The van der Waals surface area contributed by atoms with Gasteiger partial charge in [-0.1, -0.05) is 17.7 Å². The second-order valence-electron chi connectivity index (χ2n) is 4.32. The Morgan fingerprint density at radius 3 is 2.60 bits per heavy atom. The molecule has 0 unspecified atom stereocenters. The zero-order valence-electron chi connectivity index (χ0n) is 10.9. The fourth-order valence-electron chi connectivity index (χ4n) is 1.69. The molecule has 1 amide bonds. The van der Waals surface area contributed by atoms with E-state index in [1.165, 1.54) is 12.1 Å². The van der Waals surface area contributed by atoms with E-state index in [0.717, 1.165) is 5.56 Å². The van der Waals surface area contributed by atoms with Gasteiger partial charge >= 0.3 is 0 Å². The Morgan fingerprint density at radius 2 is 1.90 bits per heavy atom. The highest BCUT2D eigenvalue weighted by molar-refractivity contribution is 6.31. The van der Waals surface area contributed by atoms with Gasteiger partial charge in [-0.05, 0) is 48.9 Å². The standard InChI is InChI=1S/C15H14ClFN2O/c1-10-13(16)3-2-4-14(10)19-15(20)9-18-12-7-5-11(17)6-8-12/h2-8,18H,9H2,1H3,(H,19,20). The molecule has 0 saturated heterocycles. The van der Waals surface area contributed by atoms with Gasteiger partial charge in [0, 0.05) is 16.4 Å². The third kappa shape index (κ3) is 3.71. The van der Waals surface area contributed by atoms with Gasteiger partial charge in [0.15, 0.2) is 0 Å². The lowest BCUT2D eigenvalue weighted by Crippen LogP contribution is -2.22. The Bertz CT molecular complexity index is 614. The van der Waals surface area contributed by atoms with Crippen molar-refractivity contribution in [3.63, 3.8) is 0 Å². The number of anilines is 2. The normalized spacial score (nSPS) is 10.2. The van der Waals surface area contributed by atoms with Crippen LogP contribution in [0.5, 0.6) is 0 Å². The van der Waals surface area contributed by atoms with Crippen molar-refractivity contribution in [1.29, 1.82) is 0 Å². The molecule has 0 heterocycles. The van der Waals surface area contributed by atoms with Crippen LogP contribution < -0.4 is 10.6 Å². The van der Waals surface area contributed by atoms with Gasteiger partial charge in [-0.3, -0.25) is 4.79 Å². The predicted molar refractivity (Wildman–Crippen MR) is 79.7 cm³/mol. The smallest absolute Gasteiger partial charge is 0.243 e. The van der Waals surface area contributed by atoms with Gasteiger partial charge in [0.05, 0.1) is 6.54 Å². The highest BCUT2D eigenvalue weighted by Crippen LogP contribution is 2.22. The molecule has 2 aromatic carbocycles. The van der Waals surface area contributed by atoms with E-state index in [-0.39, 0.29) is 18.3 Å². The number of amides is 1. The van der Waals surface area contributed by atoms with E-state index in [0.29, 0.717) is 16.4 Å². The van der Waals surface area contributed by atoms with Crippen LogP contribution >= 0.6 is 11.6 Å². The van der Waals surface area contributed by atoms with Crippen LogP contribution in [-0.4, -0.2) is 12.5 Å². The molecule has 0 fully saturated rings. The van der Waals surface area contributed by atoms with Gasteiger partial charge < -0.3 is 10.6 Å². The van der Waals surface area contributed by atoms with Crippen molar-refractivity contribution in [3.8, 4) is 0 Å². The molecule has 0 atom stereocenters. The molecule has 104 valence electrons. The van der Waals surface area contributed by atoms with E-state index in [1.54, 1.807) is 30.3 Å². The van der Waals surface area contributed by atoms with E-state index in [2.05, 4.69) is 10.6 Å². The molecule has 2 aromatic rings. The van der Waals surface area contributed by atoms with E-state index in [1.807, 2.05) is 6.92 Å². The number of hydrogen-bond acceptors (Lipinski definition) is 2. The maximum absolute atomic E-state index is 12.7. The summed E-state index contributed by atoms with van der Waals surface area (Å²) in [6.45, 7) is 1.93. The molecule has 0 aromatic heterocycles. The first-order valence-electron chi connectivity index (χ1n) is 6.10. The number of rotatable bonds is 4. The first-order chi connectivity index (χ1) is 9.56. The molecule has 0 aliphatic carbocycles. The third-order valence-corrected chi connectivity index (χ3v) is 3.25. The maximum atomic E-state index is 12.7. The van der Waals surface area contributed by atoms with E-state index in [4.69, 9.17) is 11.6 Å². The highest BCUT2D eigenvalue weighted by atomic mass is 35.5. The van der Waals surface area contributed by atoms with Crippen molar-refractivity contribution in [2.75, 3.05) is 17.2 Å². The molecule has 0 spiro atoms. The molecule has 0 aliphatic heterocycles. The van der Waals surface area contributed by atoms with Gasteiger partial charge in [-0.2, -0.15) is 0 Å². The van der Waals surface area contributed by atoms with Gasteiger partial charge in [-0.15, -0.1) is 0 Å². The van der Waals surface area contributed by atoms with Crippen molar-refractivity contribution < 1.29 is 9.18 Å². The first-order valence-corrected chi connectivity index (χ1v) is 6.48. The summed E-state index contributed by atoms with van der Waals surface area (Å²) in [5.41, 5.74) is 2.19. The molecular formula is C15H14ClFN2O. The number of hydrogen-bond donors (Lipinski definition) is 2. The summed E-state index contributed by atoms with van der Waals surface area (Å²) >= 11 is 5.98. The zero-order chi connectivity index (χ0) is 14.5. The summed E-state index contributed by atoms with van der Waals surface area (Å²) < 4.78 is 12.7. The lowest BCUT2D eigenvalue weighted by Gasteiger charge is -2.10. The maximum Gasteiger partial charge on any atom is 0.243 e. The van der Waals surface area contributed by atoms with Gasteiger partial charge in [0.25, 0.3) is 0 Å². The monoisotopic (exact) mass is 292 g/mol. The van der Waals surface area contributed by atoms with Crippen LogP contribution in [0.1, 0.15) is 5.56 Å². The lowest BCUT2D eigenvalue weighted by atomic mass is 10.2. The molecule has 20 heavy (non-hydrogen) atoms. The molecule has 2 rings (SSSR count). The van der Waals surface area contributed by atoms with Crippen LogP contribution in [0.25, 0.3) is 0 Å². The third-order valence-electron chi connectivity index (χ3n) is 2.84. The summed E-state index contributed by atoms with van der Waals surface area (Å²) in [5.74, 6) is -0.505. The molecule has 0 bridgehead atoms. The van der Waals surface area contributed by atoms with Crippen LogP contribution in [0, 0.1) is 12.7 Å². The Labute approximate surface area is 121 Å². The van der Waals surface area contributed by atoms with E-state index < -0.39 is 0 Å². The fourth-order valence-corrected chi connectivity index (χ4v) is 1.86. The van der Waals surface area contributed by atoms with Crippen molar-refractivity contribution >= 4 is 28.9 Å².